The second-order valence-corrected chi connectivity index (χ2v) is 7.20. The number of hydrogen-bond acceptors (Lipinski definition) is 3. The van der Waals surface area contributed by atoms with E-state index in [4.69, 9.17) is 9.47 Å². The molecule has 0 bridgehead atoms. The van der Waals surface area contributed by atoms with Gasteiger partial charge in [-0.25, -0.2) is 4.39 Å². The lowest BCUT2D eigenvalue weighted by molar-refractivity contribution is 0.0168. The van der Waals surface area contributed by atoms with Crippen LogP contribution < -0.4 is 10.6 Å². The maximum absolute atomic E-state index is 13.1. The predicted molar refractivity (Wildman–Crippen MR) is 101 cm³/mol. The van der Waals surface area contributed by atoms with E-state index in [1.54, 1.807) is 19.2 Å². The van der Waals surface area contributed by atoms with Crippen LogP contribution in [-0.2, 0) is 14.9 Å². The fraction of sp³-hybridized carbons (Fsp3) is 0.650. The van der Waals surface area contributed by atoms with Crippen LogP contribution in [0.4, 0.5) is 4.39 Å². The molecule has 6 heteroatoms. The minimum atomic E-state index is -0.184. The van der Waals surface area contributed by atoms with Gasteiger partial charge in [-0.15, -0.1) is 0 Å². The van der Waals surface area contributed by atoms with Crippen molar-refractivity contribution in [1.29, 1.82) is 0 Å². The van der Waals surface area contributed by atoms with E-state index < -0.39 is 0 Å². The summed E-state index contributed by atoms with van der Waals surface area (Å²) in [6.07, 6.45) is 5.73. The number of aliphatic imine (C=N–C) groups is 1. The van der Waals surface area contributed by atoms with Gasteiger partial charge < -0.3 is 20.1 Å². The van der Waals surface area contributed by atoms with Crippen LogP contribution in [0.25, 0.3) is 0 Å². The number of nitrogens with one attached hydrogen (secondary N) is 2. The van der Waals surface area contributed by atoms with Gasteiger partial charge >= 0.3 is 0 Å². The summed E-state index contributed by atoms with van der Waals surface area (Å²) < 4.78 is 24.3. The zero-order valence-corrected chi connectivity index (χ0v) is 15.6. The van der Waals surface area contributed by atoms with Crippen LogP contribution in [0.5, 0.6) is 0 Å². The van der Waals surface area contributed by atoms with Crippen LogP contribution in [0, 0.1) is 5.82 Å². The first-order valence-corrected chi connectivity index (χ1v) is 9.62. The third-order valence-corrected chi connectivity index (χ3v) is 5.21. The molecule has 144 valence electrons. The van der Waals surface area contributed by atoms with Crippen molar-refractivity contribution in [3.05, 3.63) is 35.6 Å². The molecule has 1 aliphatic carbocycles. The highest BCUT2D eigenvalue weighted by Crippen LogP contribution is 2.47. The molecule has 26 heavy (non-hydrogen) atoms. The Morgan fingerprint density at radius 2 is 2.12 bits per heavy atom. The maximum atomic E-state index is 13.1. The quantitative estimate of drug-likeness (QED) is 0.402. The van der Waals surface area contributed by atoms with E-state index in [0.29, 0.717) is 12.7 Å². The molecule has 1 heterocycles. The average molecular weight is 363 g/mol. The Bertz CT molecular complexity index is 581. The summed E-state index contributed by atoms with van der Waals surface area (Å²) in [5.41, 5.74) is 1.32. The zero-order chi connectivity index (χ0) is 18.2. The van der Waals surface area contributed by atoms with Crippen LogP contribution in [0.15, 0.2) is 29.3 Å². The summed E-state index contributed by atoms with van der Waals surface area (Å²) >= 11 is 0. The van der Waals surface area contributed by atoms with E-state index >= 15 is 0 Å². The Hall–Kier alpha value is -1.66. The van der Waals surface area contributed by atoms with Gasteiger partial charge in [0.25, 0.3) is 0 Å². The van der Waals surface area contributed by atoms with Crippen molar-refractivity contribution in [2.24, 2.45) is 4.99 Å². The Labute approximate surface area is 155 Å². The first-order valence-electron chi connectivity index (χ1n) is 9.62. The van der Waals surface area contributed by atoms with Crippen LogP contribution in [0.3, 0.4) is 0 Å². The molecule has 1 atom stereocenters. The highest BCUT2D eigenvalue weighted by molar-refractivity contribution is 5.79. The molecule has 1 saturated carbocycles. The van der Waals surface area contributed by atoms with Gasteiger partial charge in [0.2, 0.25) is 0 Å². The second-order valence-electron chi connectivity index (χ2n) is 7.20. The molecule has 1 saturated heterocycles. The summed E-state index contributed by atoms with van der Waals surface area (Å²) in [6, 6.07) is 6.87. The fourth-order valence-corrected chi connectivity index (χ4v) is 3.37. The van der Waals surface area contributed by atoms with E-state index in [-0.39, 0.29) is 11.2 Å². The van der Waals surface area contributed by atoms with Crippen molar-refractivity contribution < 1.29 is 13.9 Å². The Morgan fingerprint density at radius 1 is 1.31 bits per heavy atom. The van der Waals surface area contributed by atoms with Gasteiger partial charge in [-0.2, -0.15) is 0 Å². The second kappa shape index (κ2) is 9.33. The van der Waals surface area contributed by atoms with E-state index in [2.05, 4.69) is 15.6 Å². The summed E-state index contributed by atoms with van der Waals surface area (Å²) in [6.45, 7) is 3.93. The van der Waals surface area contributed by atoms with Gasteiger partial charge in [0.05, 0.1) is 12.7 Å². The van der Waals surface area contributed by atoms with Crippen LogP contribution in [-0.4, -0.2) is 52.0 Å². The van der Waals surface area contributed by atoms with Gasteiger partial charge in [-0.05, 0) is 49.8 Å². The lowest BCUT2D eigenvalue weighted by Gasteiger charge is -2.19. The first-order chi connectivity index (χ1) is 12.7. The minimum Gasteiger partial charge on any atom is -0.379 e. The molecule has 0 spiro atoms. The van der Waals surface area contributed by atoms with E-state index in [1.807, 2.05) is 12.1 Å². The third-order valence-electron chi connectivity index (χ3n) is 5.21. The number of guanidine groups is 1. The van der Waals surface area contributed by atoms with E-state index in [9.17, 15) is 4.39 Å². The summed E-state index contributed by atoms with van der Waals surface area (Å²) in [4.78, 5) is 4.28. The standard InChI is InChI=1S/C20H30FN3O2/c1-22-19(23-11-3-12-25-14-18-4-2-13-26-18)24-15-20(9-10-20)16-5-7-17(21)8-6-16/h5-8,18H,2-4,9-15H2,1H3,(H2,22,23,24). The van der Waals surface area contributed by atoms with Crippen molar-refractivity contribution >= 4 is 5.96 Å². The van der Waals surface area contributed by atoms with E-state index in [1.165, 1.54) is 5.56 Å². The Kier molecular flexibility index (Phi) is 6.86. The topological polar surface area (TPSA) is 54.9 Å². The van der Waals surface area contributed by atoms with Crippen molar-refractivity contribution in [1.82, 2.24) is 10.6 Å². The summed E-state index contributed by atoms with van der Waals surface area (Å²) in [7, 11) is 1.78. The molecular formula is C20H30FN3O2. The molecule has 2 fully saturated rings. The number of halogens is 1. The van der Waals surface area contributed by atoms with Crippen molar-refractivity contribution in [2.45, 2.75) is 43.6 Å². The number of rotatable bonds is 9. The van der Waals surface area contributed by atoms with Gasteiger partial charge in [0.1, 0.15) is 5.82 Å². The molecule has 1 unspecified atom stereocenters. The van der Waals surface area contributed by atoms with Gasteiger partial charge in [0.15, 0.2) is 5.96 Å². The van der Waals surface area contributed by atoms with Crippen molar-refractivity contribution in [2.75, 3.05) is 40.0 Å². The number of ether oxygens (including phenoxy) is 2. The van der Waals surface area contributed by atoms with Crippen LogP contribution >= 0.6 is 0 Å². The first kappa shape index (κ1) is 19.1. The molecule has 0 aromatic heterocycles. The Balaban J connectivity index is 1.31. The summed E-state index contributed by atoms with van der Waals surface area (Å²) in [5, 5.41) is 6.73. The monoisotopic (exact) mass is 363 g/mol. The average Bonchev–Trinajstić information content (AvgIpc) is 3.27. The fourth-order valence-electron chi connectivity index (χ4n) is 3.37. The molecule has 1 aromatic carbocycles. The van der Waals surface area contributed by atoms with Crippen LogP contribution in [0.1, 0.15) is 37.7 Å². The SMILES string of the molecule is CN=C(NCCCOCC1CCCO1)NCC1(c2ccc(F)cc2)CC1. The largest absolute Gasteiger partial charge is 0.379 e. The molecule has 2 aliphatic rings. The van der Waals surface area contributed by atoms with Crippen LogP contribution in [0.2, 0.25) is 0 Å². The molecule has 3 rings (SSSR count). The van der Waals surface area contributed by atoms with E-state index in [0.717, 1.165) is 64.4 Å². The molecule has 0 radical (unpaired) electrons. The zero-order valence-electron chi connectivity index (χ0n) is 15.6. The highest BCUT2D eigenvalue weighted by atomic mass is 19.1. The number of hydrogen-bond donors (Lipinski definition) is 2. The molecule has 0 amide bonds. The predicted octanol–water partition coefficient (Wildman–Crippen LogP) is 2.61. The lowest BCUT2D eigenvalue weighted by Crippen LogP contribution is -2.41. The highest BCUT2D eigenvalue weighted by Gasteiger charge is 2.44. The normalized spacial score (nSPS) is 21.6. The minimum absolute atomic E-state index is 0.121. The van der Waals surface area contributed by atoms with Crippen molar-refractivity contribution in [3.63, 3.8) is 0 Å². The molecule has 5 nitrogen and oxygen atoms in total. The Morgan fingerprint density at radius 3 is 2.77 bits per heavy atom. The van der Waals surface area contributed by atoms with Gasteiger partial charge in [0, 0.05) is 38.8 Å². The molecule has 1 aromatic rings. The lowest BCUT2D eigenvalue weighted by atomic mass is 9.96. The molecular weight excluding hydrogens is 333 g/mol. The van der Waals surface area contributed by atoms with Crippen molar-refractivity contribution in [3.8, 4) is 0 Å². The van der Waals surface area contributed by atoms with Gasteiger partial charge in [-0.1, -0.05) is 12.1 Å². The molecule has 2 N–H and O–H groups in total. The molecule has 1 aliphatic heterocycles. The number of nitrogens with zero attached hydrogens (tertiary/aromatic N) is 1. The third kappa shape index (κ3) is 5.42. The smallest absolute Gasteiger partial charge is 0.191 e. The number of benzene rings is 1. The summed E-state index contributed by atoms with van der Waals surface area (Å²) in [5.74, 6) is 0.620. The maximum Gasteiger partial charge on any atom is 0.191 e. The van der Waals surface area contributed by atoms with Gasteiger partial charge in [-0.3, -0.25) is 4.99 Å².